The van der Waals surface area contributed by atoms with Crippen LogP contribution in [0.2, 0.25) is 5.02 Å². The van der Waals surface area contributed by atoms with E-state index in [1.807, 2.05) is 0 Å². The zero-order valence-corrected chi connectivity index (χ0v) is 12.0. The van der Waals surface area contributed by atoms with Crippen LogP contribution in [-0.4, -0.2) is 33.0 Å². The van der Waals surface area contributed by atoms with E-state index < -0.39 is 26.7 Å². The second kappa shape index (κ2) is 5.72. The molecule has 9 heteroatoms. The maximum atomic E-state index is 11.4. The van der Waals surface area contributed by atoms with Crippen molar-refractivity contribution in [1.29, 1.82) is 0 Å². The highest BCUT2D eigenvalue weighted by Gasteiger charge is 2.24. The normalized spacial score (nSPS) is 13.1. The van der Waals surface area contributed by atoms with Crippen LogP contribution < -0.4 is 4.74 Å². The number of rotatable bonds is 5. The minimum Gasteiger partial charge on any atom is -0.458 e. The Kier molecular flexibility index (Phi) is 4.72. The molecule has 0 bridgehead atoms. The smallest absolute Gasteiger partial charge is 0.312 e. The van der Waals surface area contributed by atoms with Crippen molar-refractivity contribution in [3.63, 3.8) is 0 Å². The summed E-state index contributed by atoms with van der Waals surface area (Å²) >= 11 is 5.79. The van der Waals surface area contributed by atoms with Crippen molar-refractivity contribution < 1.29 is 22.8 Å². The Morgan fingerprint density at radius 2 is 2.00 bits per heavy atom. The second-order valence-electron chi connectivity index (χ2n) is 3.70. The molecule has 0 spiro atoms. The number of nitro groups is 1. The van der Waals surface area contributed by atoms with E-state index in [2.05, 4.69) is 0 Å². The maximum absolute atomic E-state index is 11.4. The molecule has 0 fully saturated rings. The summed E-state index contributed by atoms with van der Waals surface area (Å²) in [4.78, 5) is 9.86. The van der Waals surface area contributed by atoms with E-state index in [0.717, 1.165) is 18.4 Å². The van der Waals surface area contributed by atoms with Gasteiger partial charge in [0.15, 0.2) is 16.1 Å². The average molecular weight is 310 g/mol. The summed E-state index contributed by atoms with van der Waals surface area (Å²) in [7, 11) is -2.30. The molecule has 0 radical (unpaired) electrons. The summed E-state index contributed by atoms with van der Waals surface area (Å²) in [5, 5.41) is 10.8. The minimum absolute atomic E-state index is 0.147. The van der Waals surface area contributed by atoms with Gasteiger partial charge in [0, 0.05) is 25.5 Å². The van der Waals surface area contributed by atoms with Crippen molar-refractivity contribution in [3.05, 3.63) is 27.3 Å². The highest BCUT2D eigenvalue weighted by atomic mass is 35.5. The van der Waals surface area contributed by atoms with Gasteiger partial charge < -0.3 is 9.47 Å². The van der Waals surface area contributed by atoms with E-state index in [9.17, 15) is 18.5 Å². The molecule has 7 nitrogen and oxygen atoms in total. The lowest BCUT2D eigenvalue weighted by atomic mass is 10.3. The molecule has 1 unspecified atom stereocenters. The number of hydrogen-bond donors (Lipinski definition) is 0. The van der Waals surface area contributed by atoms with Gasteiger partial charge >= 0.3 is 5.69 Å². The van der Waals surface area contributed by atoms with Crippen LogP contribution in [-0.2, 0) is 14.6 Å². The third-order valence-corrected chi connectivity index (χ3v) is 3.80. The Bertz CT molecular complexity index is 600. The molecule has 0 saturated carbocycles. The van der Waals surface area contributed by atoms with Crippen molar-refractivity contribution in [3.8, 4) is 5.75 Å². The molecule has 0 N–H and O–H groups in total. The summed E-state index contributed by atoms with van der Waals surface area (Å²) < 4.78 is 32.9. The number of ether oxygens (including phenoxy) is 2. The molecule has 0 aromatic heterocycles. The molecule has 0 amide bonds. The van der Waals surface area contributed by atoms with Crippen molar-refractivity contribution in [2.45, 2.75) is 18.1 Å². The number of nitro benzene ring substituents is 1. The molecule has 0 aliphatic heterocycles. The van der Waals surface area contributed by atoms with Crippen LogP contribution >= 0.6 is 11.6 Å². The second-order valence-corrected chi connectivity index (χ2v) is 6.09. The molecule has 0 heterocycles. The van der Waals surface area contributed by atoms with E-state index in [1.54, 1.807) is 0 Å². The lowest BCUT2D eigenvalue weighted by molar-refractivity contribution is -0.386. The van der Waals surface area contributed by atoms with Crippen molar-refractivity contribution in [2.24, 2.45) is 0 Å². The predicted molar refractivity (Wildman–Crippen MR) is 68.3 cm³/mol. The molecule has 0 saturated heterocycles. The monoisotopic (exact) mass is 309 g/mol. The largest absolute Gasteiger partial charge is 0.458 e. The van der Waals surface area contributed by atoms with Crippen LogP contribution in [0.5, 0.6) is 5.75 Å². The molecule has 0 aliphatic carbocycles. The summed E-state index contributed by atoms with van der Waals surface area (Å²) in [5.41, 5.74) is -0.492. The van der Waals surface area contributed by atoms with E-state index in [4.69, 9.17) is 21.1 Å². The summed E-state index contributed by atoms with van der Waals surface area (Å²) in [6.07, 6.45) is 0.176. The summed E-state index contributed by atoms with van der Waals surface area (Å²) in [6, 6.07) is 1.96. The molecule has 1 aromatic carbocycles. The third-order valence-electron chi connectivity index (χ3n) is 2.23. The Hall–Kier alpha value is -1.38. The van der Waals surface area contributed by atoms with Gasteiger partial charge in [-0.15, -0.1) is 0 Å². The average Bonchev–Trinajstić information content (AvgIpc) is 2.26. The van der Waals surface area contributed by atoms with Crippen LogP contribution in [0.3, 0.4) is 0 Å². The topological polar surface area (TPSA) is 95.7 Å². The van der Waals surface area contributed by atoms with Gasteiger partial charge in [0.05, 0.1) is 14.8 Å². The van der Waals surface area contributed by atoms with Gasteiger partial charge in [0.2, 0.25) is 5.75 Å². The Morgan fingerprint density at radius 1 is 1.42 bits per heavy atom. The molecular formula is C10H12ClNO6S. The first-order chi connectivity index (χ1) is 8.66. The first kappa shape index (κ1) is 15.7. The first-order valence-corrected chi connectivity index (χ1v) is 7.31. The van der Waals surface area contributed by atoms with Crippen LogP contribution in [0.15, 0.2) is 17.0 Å². The van der Waals surface area contributed by atoms with Gasteiger partial charge in [0.25, 0.3) is 0 Å². The Morgan fingerprint density at radius 3 is 2.42 bits per heavy atom. The fourth-order valence-electron chi connectivity index (χ4n) is 1.27. The molecule has 1 rings (SSSR count). The highest BCUT2D eigenvalue weighted by Crippen LogP contribution is 2.35. The molecule has 1 atom stereocenters. The molecule has 0 aliphatic rings. The van der Waals surface area contributed by atoms with E-state index in [1.165, 1.54) is 14.0 Å². The lowest BCUT2D eigenvalue weighted by Crippen LogP contribution is -2.15. The zero-order chi connectivity index (χ0) is 14.8. The van der Waals surface area contributed by atoms with Crippen LogP contribution in [0.1, 0.15) is 6.92 Å². The zero-order valence-electron chi connectivity index (χ0n) is 10.4. The van der Waals surface area contributed by atoms with Gasteiger partial charge in [0.1, 0.15) is 0 Å². The number of nitrogens with zero attached hydrogens (tertiary/aromatic N) is 1. The van der Waals surface area contributed by atoms with Crippen molar-refractivity contribution in [1.82, 2.24) is 0 Å². The minimum atomic E-state index is -3.66. The van der Waals surface area contributed by atoms with Gasteiger partial charge in [-0.05, 0) is 6.92 Å². The van der Waals surface area contributed by atoms with Crippen LogP contribution in [0.4, 0.5) is 5.69 Å². The number of hydrogen-bond acceptors (Lipinski definition) is 6. The fraction of sp³-hybridized carbons (Fsp3) is 0.400. The van der Waals surface area contributed by atoms with Gasteiger partial charge in [-0.3, -0.25) is 10.1 Å². The highest BCUT2D eigenvalue weighted by molar-refractivity contribution is 7.90. The predicted octanol–water partition coefficient (Wildman–Crippen LogP) is 2.02. The Balaban J connectivity index is 3.42. The Labute approximate surface area is 115 Å². The van der Waals surface area contributed by atoms with Crippen LogP contribution in [0, 0.1) is 10.1 Å². The quantitative estimate of drug-likeness (QED) is 0.469. The lowest BCUT2D eigenvalue weighted by Gasteiger charge is -2.13. The number of benzene rings is 1. The van der Waals surface area contributed by atoms with Gasteiger partial charge in [-0.25, -0.2) is 8.42 Å². The standard InChI is InChI=1S/C10H12ClNO6S/c1-6(17-2)18-9-4-7(11)10(19(3,15)16)5-8(9)12(13)14/h4-6H,1-3H3. The molecule has 106 valence electrons. The van der Waals surface area contributed by atoms with Gasteiger partial charge in [-0.1, -0.05) is 11.6 Å². The maximum Gasteiger partial charge on any atom is 0.312 e. The van der Waals surface area contributed by atoms with E-state index >= 15 is 0 Å². The first-order valence-electron chi connectivity index (χ1n) is 5.04. The number of halogens is 1. The number of sulfone groups is 1. The fourth-order valence-corrected chi connectivity index (χ4v) is 2.59. The van der Waals surface area contributed by atoms with E-state index in [0.29, 0.717) is 0 Å². The van der Waals surface area contributed by atoms with Crippen LogP contribution in [0.25, 0.3) is 0 Å². The van der Waals surface area contributed by atoms with Gasteiger partial charge in [-0.2, -0.15) is 0 Å². The summed E-state index contributed by atoms with van der Waals surface area (Å²) in [5.74, 6) is -0.156. The van der Waals surface area contributed by atoms with Crippen molar-refractivity contribution >= 4 is 27.1 Å². The SMILES string of the molecule is COC(C)Oc1cc(Cl)c(S(C)(=O)=O)cc1[N+](=O)[O-]. The van der Waals surface area contributed by atoms with Crippen molar-refractivity contribution in [2.75, 3.05) is 13.4 Å². The molecule has 1 aromatic rings. The molecule has 19 heavy (non-hydrogen) atoms. The third kappa shape index (κ3) is 3.79. The van der Waals surface area contributed by atoms with E-state index in [-0.39, 0.29) is 15.7 Å². The summed E-state index contributed by atoms with van der Waals surface area (Å²) in [6.45, 7) is 1.53. The number of methoxy groups -OCH3 is 1. The molecular weight excluding hydrogens is 298 g/mol.